The second kappa shape index (κ2) is 7.62. The fourth-order valence-electron chi connectivity index (χ4n) is 1.94. The largest absolute Gasteiger partial charge is 0.330 e. The van der Waals surface area contributed by atoms with Gasteiger partial charge in [0.25, 0.3) is 0 Å². The molecular formula is C14H24N2O2S. The summed E-state index contributed by atoms with van der Waals surface area (Å²) in [4.78, 5) is 0.326. The van der Waals surface area contributed by atoms with E-state index in [2.05, 4.69) is 11.6 Å². The van der Waals surface area contributed by atoms with Crippen molar-refractivity contribution in [3.63, 3.8) is 0 Å². The predicted octanol–water partition coefficient (Wildman–Crippen LogP) is 2.04. The topological polar surface area (TPSA) is 72.2 Å². The zero-order valence-electron chi connectivity index (χ0n) is 11.7. The molecule has 4 nitrogen and oxygen atoms in total. The van der Waals surface area contributed by atoms with E-state index in [4.69, 9.17) is 5.73 Å². The molecule has 0 radical (unpaired) electrons. The van der Waals surface area contributed by atoms with Crippen LogP contribution in [0.4, 0.5) is 0 Å². The Hall–Kier alpha value is -0.910. The lowest BCUT2D eigenvalue weighted by molar-refractivity contribution is 0.539. The van der Waals surface area contributed by atoms with Gasteiger partial charge in [0.05, 0.1) is 4.90 Å². The molecule has 0 heterocycles. The van der Waals surface area contributed by atoms with E-state index in [9.17, 15) is 8.42 Å². The molecule has 0 aromatic heterocycles. The van der Waals surface area contributed by atoms with Gasteiger partial charge < -0.3 is 5.73 Å². The van der Waals surface area contributed by atoms with Crippen LogP contribution >= 0.6 is 0 Å². The Morgan fingerprint density at radius 1 is 1.26 bits per heavy atom. The number of sulfonamides is 1. The van der Waals surface area contributed by atoms with Gasteiger partial charge in [-0.15, -0.1) is 0 Å². The van der Waals surface area contributed by atoms with Gasteiger partial charge in [-0.1, -0.05) is 25.5 Å². The van der Waals surface area contributed by atoms with Gasteiger partial charge in [-0.05, 0) is 50.4 Å². The predicted molar refractivity (Wildman–Crippen MR) is 78.5 cm³/mol. The van der Waals surface area contributed by atoms with E-state index in [1.165, 1.54) is 0 Å². The van der Waals surface area contributed by atoms with Crippen LogP contribution in [0.2, 0.25) is 0 Å². The van der Waals surface area contributed by atoms with Crippen molar-refractivity contribution in [2.24, 2.45) is 5.73 Å². The third-order valence-corrected chi connectivity index (χ3v) is 4.58. The first-order chi connectivity index (χ1) is 8.99. The molecular weight excluding hydrogens is 260 g/mol. The minimum Gasteiger partial charge on any atom is -0.330 e. The number of nitrogens with one attached hydrogen (secondary N) is 1. The van der Waals surface area contributed by atoms with E-state index in [1.807, 2.05) is 19.1 Å². The van der Waals surface area contributed by atoms with Gasteiger partial charge in [0.2, 0.25) is 10.0 Å². The summed E-state index contributed by atoms with van der Waals surface area (Å²) in [5, 5.41) is 0. The zero-order valence-corrected chi connectivity index (χ0v) is 12.5. The second-order valence-electron chi connectivity index (χ2n) is 4.85. The lowest BCUT2D eigenvalue weighted by atomic mass is 10.1. The molecule has 19 heavy (non-hydrogen) atoms. The molecule has 0 saturated carbocycles. The lowest BCUT2D eigenvalue weighted by Gasteiger charge is -2.14. The highest BCUT2D eigenvalue weighted by Crippen LogP contribution is 2.13. The summed E-state index contributed by atoms with van der Waals surface area (Å²) in [6.07, 6.45) is 3.60. The summed E-state index contributed by atoms with van der Waals surface area (Å²) >= 11 is 0. The summed E-state index contributed by atoms with van der Waals surface area (Å²) in [6.45, 7) is 4.54. The maximum Gasteiger partial charge on any atom is 0.240 e. The molecule has 3 N–H and O–H groups in total. The molecule has 5 heteroatoms. The third-order valence-electron chi connectivity index (χ3n) is 2.97. The lowest BCUT2D eigenvalue weighted by Crippen LogP contribution is -2.32. The van der Waals surface area contributed by atoms with Gasteiger partial charge in [-0.2, -0.15) is 0 Å². The van der Waals surface area contributed by atoms with Crippen LogP contribution in [0.25, 0.3) is 0 Å². The SMILES string of the molecule is CCCc1ccc(S(=O)(=O)NC(C)CCCN)cc1. The van der Waals surface area contributed by atoms with Crippen LogP contribution in [0.15, 0.2) is 29.2 Å². The molecule has 0 saturated heterocycles. The Morgan fingerprint density at radius 2 is 1.89 bits per heavy atom. The average Bonchev–Trinajstić information content (AvgIpc) is 2.37. The van der Waals surface area contributed by atoms with Gasteiger partial charge in [-0.25, -0.2) is 13.1 Å². The van der Waals surface area contributed by atoms with Crippen molar-refractivity contribution in [3.8, 4) is 0 Å². The summed E-state index contributed by atoms with van der Waals surface area (Å²) in [7, 11) is -3.41. The van der Waals surface area contributed by atoms with Crippen molar-refractivity contribution < 1.29 is 8.42 Å². The molecule has 0 amide bonds. The summed E-state index contributed by atoms with van der Waals surface area (Å²) in [5.74, 6) is 0. The van der Waals surface area contributed by atoms with E-state index in [0.29, 0.717) is 11.4 Å². The van der Waals surface area contributed by atoms with Crippen molar-refractivity contribution in [3.05, 3.63) is 29.8 Å². The Bertz CT molecular complexity index is 469. The molecule has 108 valence electrons. The number of nitrogens with two attached hydrogens (primary N) is 1. The number of hydrogen-bond acceptors (Lipinski definition) is 3. The number of benzene rings is 1. The highest BCUT2D eigenvalue weighted by Gasteiger charge is 2.16. The molecule has 0 aliphatic heterocycles. The van der Waals surface area contributed by atoms with E-state index in [-0.39, 0.29) is 6.04 Å². The van der Waals surface area contributed by atoms with Crippen LogP contribution in [0.3, 0.4) is 0 Å². The maximum atomic E-state index is 12.1. The van der Waals surface area contributed by atoms with E-state index >= 15 is 0 Å². The van der Waals surface area contributed by atoms with Crippen LogP contribution in [0.5, 0.6) is 0 Å². The van der Waals surface area contributed by atoms with Crippen molar-refractivity contribution in [1.82, 2.24) is 4.72 Å². The number of hydrogen-bond donors (Lipinski definition) is 2. The fourth-order valence-corrected chi connectivity index (χ4v) is 3.22. The Labute approximate surface area is 116 Å². The first kappa shape index (κ1) is 16.1. The van der Waals surface area contributed by atoms with Gasteiger partial charge in [0.1, 0.15) is 0 Å². The summed E-state index contributed by atoms with van der Waals surface area (Å²) in [6, 6.07) is 7.00. The van der Waals surface area contributed by atoms with Crippen LogP contribution in [0, 0.1) is 0 Å². The van der Waals surface area contributed by atoms with Gasteiger partial charge >= 0.3 is 0 Å². The normalized spacial score (nSPS) is 13.4. The fraction of sp³-hybridized carbons (Fsp3) is 0.571. The molecule has 0 bridgehead atoms. The molecule has 0 fully saturated rings. The monoisotopic (exact) mass is 284 g/mol. The standard InChI is InChI=1S/C14H24N2O2S/c1-3-5-13-7-9-14(10-8-13)19(17,18)16-12(2)6-4-11-15/h7-10,12,16H,3-6,11,15H2,1-2H3. The molecule has 1 rings (SSSR count). The Morgan fingerprint density at radius 3 is 2.42 bits per heavy atom. The second-order valence-corrected chi connectivity index (χ2v) is 6.56. The summed E-state index contributed by atoms with van der Waals surface area (Å²) < 4.78 is 26.9. The quantitative estimate of drug-likeness (QED) is 0.767. The molecule has 0 aliphatic carbocycles. The zero-order chi connectivity index (χ0) is 14.3. The highest BCUT2D eigenvalue weighted by atomic mass is 32.2. The minimum atomic E-state index is -3.41. The van der Waals surface area contributed by atoms with Gasteiger partial charge in [0, 0.05) is 6.04 Å². The molecule has 1 unspecified atom stereocenters. The Kier molecular flexibility index (Phi) is 6.48. The number of rotatable bonds is 8. The summed E-state index contributed by atoms with van der Waals surface area (Å²) in [5.41, 5.74) is 6.58. The van der Waals surface area contributed by atoms with Crippen molar-refractivity contribution in [2.75, 3.05) is 6.54 Å². The van der Waals surface area contributed by atoms with Crippen LogP contribution < -0.4 is 10.5 Å². The van der Waals surface area contributed by atoms with Crippen molar-refractivity contribution >= 4 is 10.0 Å². The molecule has 0 spiro atoms. The van der Waals surface area contributed by atoms with E-state index in [1.54, 1.807) is 12.1 Å². The first-order valence-corrected chi connectivity index (χ1v) is 8.29. The molecule has 1 aromatic carbocycles. The van der Waals surface area contributed by atoms with E-state index in [0.717, 1.165) is 31.2 Å². The molecule has 1 aromatic rings. The minimum absolute atomic E-state index is 0.0936. The van der Waals surface area contributed by atoms with Crippen LogP contribution in [-0.4, -0.2) is 21.0 Å². The maximum absolute atomic E-state index is 12.1. The van der Waals surface area contributed by atoms with Crippen LogP contribution in [-0.2, 0) is 16.4 Å². The van der Waals surface area contributed by atoms with Crippen LogP contribution in [0.1, 0.15) is 38.7 Å². The number of aryl methyl sites for hydroxylation is 1. The van der Waals surface area contributed by atoms with Gasteiger partial charge in [-0.3, -0.25) is 0 Å². The van der Waals surface area contributed by atoms with Crippen molar-refractivity contribution in [1.29, 1.82) is 0 Å². The molecule has 1 atom stereocenters. The molecule has 0 aliphatic rings. The smallest absolute Gasteiger partial charge is 0.240 e. The first-order valence-electron chi connectivity index (χ1n) is 6.81. The highest BCUT2D eigenvalue weighted by molar-refractivity contribution is 7.89. The average molecular weight is 284 g/mol. The Balaban J connectivity index is 2.71. The van der Waals surface area contributed by atoms with Crippen molar-refractivity contribution in [2.45, 2.75) is 50.5 Å². The van der Waals surface area contributed by atoms with Gasteiger partial charge in [0.15, 0.2) is 0 Å². The van der Waals surface area contributed by atoms with E-state index < -0.39 is 10.0 Å². The third kappa shape index (κ3) is 5.30.